The first-order valence-corrected chi connectivity index (χ1v) is 8.45. The molecule has 0 aromatic heterocycles. The van der Waals surface area contributed by atoms with Gasteiger partial charge in [0.2, 0.25) is 5.91 Å². The number of β-lactam (4-membered cyclic amide) rings is 1. The molecule has 0 bridgehead atoms. The summed E-state index contributed by atoms with van der Waals surface area (Å²) in [4.78, 5) is 36.0. The predicted octanol–water partition coefficient (Wildman–Crippen LogP) is 1.32. The minimum Gasteiger partial charge on any atom is -0.456 e. The zero-order valence-corrected chi connectivity index (χ0v) is 13.9. The molecule has 8 nitrogen and oxygen atoms in total. The van der Waals surface area contributed by atoms with Gasteiger partial charge in [-0.3, -0.25) is 19.8 Å². The molecule has 2 atom stereocenters. The second-order valence-electron chi connectivity index (χ2n) is 5.51. The largest absolute Gasteiger partial charge is 0.456 e. The Morgan fingerprint density at radius 1 is 1.48 bits per heavy atom. The molecule has 1 aromatic rings. The van der Waals surface area contributed by atoms with Crippen LogP contribution in [0.25, 0.3) is 0 Å². The number of amides is 1. The van der Waals surface area contributed by atoms with Crippen molar-refractivity contribution in [3.63, 3.8) is 0 Å². The lowest BCUT2D eigenvalue weighted by Gasteiger charge is -2.48. The fourth-order valence-corrected chi connectivity index (χ4v) is 3.90. The Bertz CT molecular complexity index is 789. The molecule has 3 rings (SSSR count). The summed E-state index contributed by atoms with van der Waals surface area (Å²) < 4.78 is 5.28. The first-order chi connectivity index (χ1) is 11.9. The molecule has 0 aliphatic carbocycles. The third-order valence-corrected chi connectivity index (χ3v) is 5.32. The molecule has 1 fully saturated rings. The highest BCUT2D eigenvalue weighted by Crippen LogP contribution is 2.40. The molecular weight excluding hydrogens is 346 g/mol. The Labute approximate surface area is 147 Å². The molecule has 2 heterocycles. The summed E-state index contributed by atoms with van der Waals surface area (Å²) in [6.07, 6.45) is 1.53. The molecular formula is C16H15N3O5S. The van der Waals surface area contributed by atoms with E-state index in [1.807, 2.05) is 0 Å². The van der Waals surface area contributed by atoms with Crippen molar-refractivity contribution in [2.24, 2.45) is 5.73 Å². The molecule has 1 aromatic carbocycles. The van der Waals surface area contributed by atoms with Crippen molar-refractivity contribution in [3.05, 3.63) is 63.9 Å². The lowest BCUT2D eigenvalue weighted by atomic mass is 10.0. The molecule has 1 saturated heterocycles. The van der Waals surface area contributed by atoms with Gasteiger partial charge in [-0.15, -0.1) is 11.8 Å². The van der Waals surface area contributed by atoms with Crippen molar-refractivity contribution in [1.82, 2.24) is 4.90 Å². The maximum atomic E-state index is 12.5. The van der Waals surface area contributed by atoms with E-state index in [1.54, 1.807) is 0 Å². The fourth-order valence-electron chi connectivity index (χ4n) is 2.62. The Morgan fingerprint density at radius 3 is 2.76 bits per heavy atom. The Balaban J connectivity index is 1.73. The van der Waals surface area contributed by atoms with Crippen molar-refractivity contribution in [2.45, 2.75) is 18.0 Å². The molecule has 0 saturated carbocycles. The quantitative estimate of drug-likeness (QED) is 0.364. The molecule has 25 heavy (non-hydrogen) atoms. The average molecular weight is 361 g/mol. The van der Waals surface area contributed by atoms with Crippen LogP contribution in [0.5, 0.6) is 0 Å². The average Bonchev–Trinajstić information content (AvgIpc) is 2.64. The number of carbonyl (C=O) groups excluding carboxylic acids is 2. The van der Waals surface area contributed by atoms with Gasteiger partial charge in [-0.25, -0.2) is 4.79 Å². The standard InChI is InChI=1S/C16H15N3O5S/c1-2-10-8-25-15-12(17)14(20)18(15)13(10)16(21)24-7-9-3-5-11(6-4-9)19(22)23/h2-6,12,15H,1,7-8,17H2/t12?,15-/m0/s1. The van der Waals surface area contributed by atoms with Gasteiger partial charge >= 0.3 is 5.97 Å². The number of carbonyl (C=O) groups is 2. The van der Waals surface area contributed by atoms with E-state index >= 15 is 0 Å². The van der Waals surface area contributed by atoms with Crippen LogP contribution < -0.4 is 5.73 Å². The van der Waals surface area contributed by atoms with E-state index in [0.717, 1.165) is 0 Å². The van der Waals surface area contributed by atoms with E-state index in [4.69, 9.17) is 10.5 Å². The Kier molecular flexibility index (Phi) is 4.60. The van der Waals surface area contributed by atoms with Crippen LogP contribution in [0.1, 0.15) is 5.56 Å². The molecule has 2 aliphatic rings. The number of nitro benzene ring substituents is 1. The third kappa shape index (κ3) is 3.03. The third-order valence-electron chi connectivity index (χ3n) is 4.00. The van der Waals surface area contributed by atoms with Gasteiger partial charge in [0.15, 0.2) is 0 Å². The number of nitrogens with zero attached hydrogens (tertiary/aromatic N) is 2. The Morgan fingerprint density at radius 2 is 2.16 bits per heavy atom. The highest BCUT2D eigenvalue weighted by molar-refractivity contribution is 8.00. The zero-order chi connectivity index (χ0) is 18.1. The molecule has 1 unspecified atom stereocenters. The van der Waals surface area contributed by atoms with E-state index in [9.17, 15) is 19.7 Å². The van der Waals surface area contributed by atoms with E-state index in [0.29, 0.717) is 16.9 Å². The van der Waals surface area contributed by atoms with Crippen molar-refractivity contribution < 1.29 is 19.2 Å². The topological polar surface area (TPSA) is 116 Å². The SMILES string of the molecule is C=CC1=C(C(=O)OCc2ccc([N+](=O)[O-])cc2)N2C(=O)C(N)[C@@H]2SC1. The van der Waals surface area contributed by atoms with Gasteiger partial charge < -0.3 is 10.5 Å². The number of esters is 1. The number of fused-ring (bicyclic) bond motifs is 1. The smallest absolute Gasteiger partial charge is 0.355 e. The molecule has 0 radical (unpaired) electrons. The van der Waals surface area contributed by atoms with E-state index in [1.165, 1.54) is 47.0 Å². The highest BCUT2D eigenvalue weighted by atomic mass is 32.2. The van der Waals surface area contributed by atoms with Gasteiger partial charge in [-0.1, -0.05) is 12.7 Å². The Hall–Kier alpha value is -2.65. The van der Waals surface area contributed by atoms with Crippen LogP contribution in [-0.4, -0.2) is 38.9 Å². The second-order valence-corrected chi connectivity index (χ2v) is 6.62. The van der Waals surface area contributed by atoms with E-state index < -0.39 is 16.9 Å². The number of rotatable bonds is 5. The molecule has 2 aliphatic heterocycles. The molecule has 0 spiro atoms. The van der Waals surface area contributed by atoms with Crippen molar-refractivity contribution >= 4 is 29.3 Å². The number of allylic oxidation sites excluding steroid dienone is 1. The van der Waals surface area contributed by atoms with Crippen LogP contribution >= 0.6 is 11.8 Å². The monoisotopic (exact) mass is 361 g/mol. The van der Waals surface area contributed by atoms with Crippen LogP contribution in [0.2, 0.25) is 0 Å². The zero-order valence-electron chi connectivity index (χ0n) is 13.1. The van der Waals surface area contributed by atoms with Crippen LogP contribution in [0.3, 0.4) is 0 Å². The number of non-ortho nitro benzene ring substituents is 1. The summed E-state index contributed by atoms with van der Waals surface area (Å²) in [5.41, 5.74) is 7.12. The normalized spacial score (nSPS) is 22.1. The van der Waals surface area contributed by atoms with Gasteiger partial charge in [0, 0.05) is 17.9 Å². The maximum absolute atomic E-state index is 12.5. The predicted molar refractivity (Wildman–Crippen MR) is 91.2 cm³/mol. The first kappa shape index (κ1) is 17.2. The first-order valence-electron chi connectivity index (χ1n) is 7.40. The number of nitro groups is 1. The minimum atomic E-state index is -0.640. The second kappa shape index (κ2) is 6.69. The summed E-state index contributed by atoms with van der Waals surface area (Å²) in [6, 6.07) is 5.08. The number of hydrogen-bond donors (Lipinski definition) is 1. The van der Waals surface area contributed by atoms with Crippen molar-refractivity contribution in [1.29, 1.82) is 0 Å². The number of hydrogen-bond acceptors (Lipinski definition) is 7. The summed E-state index contributed by atoms with van der Waals surface area (Å²) in [5.74, 6) is -0.439. The lowest BCUT2D eigenvalue weighted by Crippen LogP contribution is -2.68. The van der Waals surface area contributed by atoms with Crippen LogP contribution in [-0.2, 0) is 20.9 Å². The lowest BCUT2D eigenvalue weighted by molar-refractivity contribution is -0.384. The van der Waals surface area contributed by atoms with Crippen LogP contribution in [0, 0.1) is 10.1 Å². The minimum absolute atomic E-state index is 0.0426. The fraction of sp³-hybridized carbons (Fsp3) is 0.250. The number of nitrogens with two attached hydrogens (primary N) is 1. The summed E-state index contributed by atoms with van der Waals surface area (Å²) in [5, 5.41) is 10.4. The molecule has 130 valence electrons. The molecule has 1 amide bonds. The van der Waals surface area contributed by atoms with Crippen LogP contribution in [0.15, 0.2) is 48.2 Å². The number of thioether (sulfide) groups is 1. The van der Waals surface area contributed by atoms with Gasteiger partial charge in [0.05, 0.1) is 4.92 Å². The van der Waals surface area contributed by atoms with Gasteiger partial charge in [-0.05, 0) is 23.3 Å². The number of benzene rings is 1. The number of ether oxygens (including phenoxy) is 1. The highest BCUT2D eigenvalue weighted by Gasteiger charge is 2.51. The van der Waals surface area contributed by atoms with E-state index in [-0.39, 0.29) is 29.3 Å². The molecule has 9 heteroatoms. The summed E-state index contributed by atoms with van der Waals surface area (Å²) >= 11 is 1.48. The summed E-state index contributed by atoms with van der Waals surface area (Å²) in [7, 11) is 0. The maximum Gasteiger partial charge on any atom is 0.355 e. The van der Waals surface area contributed by atoms with E-state index in [2.05, 4.69) is 6.58 Å². The van der Waals surface area contributed by atoms with Crippen molar-refractivity contribution in [2.75, 3.05) is 5.75 Å². The summed E-state index contributed by atoms with van der Waals surface area (Å²) in [6.45, 7) is 3.62. The van der Waals surface area contributed by atoms with Crippen LogP contribution in [0.4, 0.5) is 5.69 Å². The van der Waals surface area contributed by atoms with Gasteiger partial charge in [-0.2, -0.15) is 0 Å². The van der Waals surface area contributed by atoms with Gasteiger partial charge in [0.1, 0.15) is 23.7 Å². The molecule has 2 N–H and O–H groups in total. The van der Waals surface area contributed by atoms with Gasteiger partial charge in [0.25, 0.3) is 5.69 Å². The van der Waals surface area contributed by atoms with Crippen molar-refractivity contribution in [3.8, 4) is 0 Å².